The van der Waals surface area contributed by atoms with E-state index in [2.05, 4.69) is 26.1 Å². The van der Waals surface area contributed by atoms with Crippen LogP contribution in [0.3, 0.4) is 0 Å². The van der Waals surface area contributed by atoms with E-state index in [0.717, 1.165) is 68.9 Å². The highest BCUT2D eigenvalue weighted by Gasteiger charge is 2.33. The summed E-state index contributed by atoms with van der Waals surface area (Å²) in [6, 6.07) is 6.04. The van der Waals surface area contributed by atoms with Crippen molar-refractivity contribution in [2.75, 3.05) is 13.2 Å². The molecule has 1 N–H and O–H groups in total. The van der Waals surface area contributed by atoms with Gasteiger partial charge >= 0.3 is 0 Å². The molecule has 0 unspecified atom stereocenters. The number of hydrogen-bond acceptors (Lipinski definition) is 8. The fourth-order valence-corrected chi connectivity index (χ4v) is 5.52. The van der Waals surface area contributed by atoms with Gasteiger partial charge in [-0.15, -0.1) is 5.10 Å². The van der Waals surface area contributed by atoms with Crippen molar-refractivity contribution in [3.8, 4) is 11.4 Å². The number of nitrogens with zero attached hydrogens (tertiary/aromatic N) is 7. The molecule has 0 bridgehead atoms. The SMILES string of the molecule is Cc1cc([C@H](C2CCOCC2)n2c3cc(-c4c(C)nnn4C)ncc3c3ncc(C(C)(C)O)cc32)no1. The van der Waals surface area contributed by atoms with Crippen LogP contribution in [0.15, 0.2) is 35.1 Å². The van der Waals surface area contributed by atoms with Gasteiger partial charge in [-0.3, -0.25) is 9.97 Å². The summed E-state index contributed by atoms with van der Waals surface area (Å²) in [5, 5.41) is 24.7. The molecule has 192 valence electrons. The van der Waals surface area contributed by atoms with Gasteiger partial charge < -0.3 is 18.9 Å². The molecule has 0 aromatic carbocycles. The highest BCUT2D eigenvalue weighted by Crippen LogP contribution is 2.41. The third-order valence-corrected chi connectivity index (χ3v) is 7.41. The van der Waals surface area contributed by atoms with Crippen LogP contribution in [-0.2, 0) is 17.4 Å². The zero-order chi connectivity index (χ0) is 25.9. The maximum Gasteiger partial charge on any atom is 0.134 e. The second-order valence-electron chi connectivity index (χ2n) is 10.5. The molecule has 1 fully saturated rings. The number of rotatable bonds is 5. The minimum Gasteiger partial charge on any atom is -0.386 e. The van der Waals surface area contributed by atoms with Crippen molar-refractivity contribution in [1.29, 1.82) is 0 Å². The Balaban J connectivity index is 1.69. The van der Waals surface area contributed by atoms with Crippen LogP contribution in [0.4, 0.5) is 0 Å². The Morgan fingerprint density at radius 3 is 2.49 bits per heavy atom. The molecule has 1 aliphatic heterocycles. The molecular weight excluding hydrogens is 470 g/mol. The summed E-state index contributed by atoms with van der Waals surface area (Å²) in [7, 11) is 1.87. The van der Waals surface area contributed by atoms with E-state index >= 15 is 0 Å². The van der Waals surface area contributed by atoms with Crippen LogP contribution in [-0.4, -0.2) is 53.0 Å². The van der Waals surface area contributed by atoms with Crippen molar-refractivity contribution in [3.63, 3.8) is 0 Å². The quantitative estimate of drug-likeness (QED) is 0.380. The average Bonchev–Trinajstić information content (AvgIpc) is 3.54. The summed E-state index contributed by atoms with van der Waals surface area (Å²) >= 11 is 0. The molecule has 10 nitrogen and oxygen atoms in total. The second kappa shape index (κ2) is 8.74. The first-order chi connectivity index (χ1) is 17.7. The molecule has 6 rings (SSSR count). The molecular formula is C27H31N7O3. The predicted molar refractivity (Wildman–Crippen MR) is 138 cm³/mol. The molecule has 10 heteroatoms. The van der Waals surface area contributed by atoms with Crippen molar-refractivity contribution < 1.29 is 14.4 Å². The lowest BCUT2D eigenvalue weighted by Crippen LogP contribution is -2.27. The molecule has 0 spiro atoms. The predicted octanol–water partition coefficient (Wildman–Crippen LogP) is 4.23. The number of aryl methyl sites for hydroxylation is 3. The van der Waals surface area contributed by atoms with Gasteiger partial charge in [0.25, 0.3) is 0 Å². The van der Waals surface area contributed by atoms with Crippen LogP contribution in [0, 0.1) is 19.8 Å². The number of pyridine rings is 2. The lowest BCUT2D eigenvalue weighted by Gasteiger charge is -2.31. The minimum atomic E-state index is -1.04. The summed E-state index contributed by atoms with van der Waals surface area (Å²) in [4.78, 5) is 9.63. The van der Waals surface area contributed by atoms with Gasteiger partial charge in [0.2, 0.25) is 0 Å². The van der Waals surface area contributed by atoms with Gasteiger partial charge in [0.1, 0.15) is 17.1 Å². The summed E-state index contributed by atoms with van der Waals surface area (Å²) in [6.07, 6.45) is 5.43. The smallest absolute Gasteiger partial charge is 0.134 e. The molecule has 6 heterocycles. The Bertz CT molecular complexity index is 1580. The molecule has 1 atom stereocenters. The summed E-state index contributed by atoms with van der Waals surface area (Å²) in [5.41, 5.74) is 5.77. The standard InChI is InChI=1S/C27H31N7O3/c1-15-10-21(31-37-15)26(17-6-8-36-9-7-17)34-22-12-20(25-16(2)30-32-33(25)5)28-14-19(22)24-23(34)11-18(13-29-24)27(3,4)35/h10-14,17,26,35H,6-9H2,1-5H3/t26-/m0/s1. The van der Waals surface area contributed by atoms with E-state index in [9.17, 15) is 5.11 Å². The number of ether oxygens (including phenoxy) is 1. The lowest BCUT2D eigenvalue weighted by atomic mass is 9.89. The lowest BCUT2D eigenvalue weighted by molar-refractivity contribution is 0.0543. The fourth-order valence-electron chi connectivity index (χ4n) is 5.52. The molecule has 37 heavy (non-hydrogen) atoms. The van der Waals surface area contributed by atoms with Crippen LogP contribution in [0.1, 0.15) is 55.4 Å². The fraction of sp³-hybridized carbons (Fsp3) is 0.444. The zero-order valence-corrected chi connectivity index (χ0v) is 21.8. The van der Waals surface area contributed by atoms with Crippen molar-refractivity contribution in [2.45, 2.75) is 52.2 Å². The molecule has 0 radical (unpaired) electrons. The van der Waals surface area contributed by atoms with Crippen molar-refractivity contribution >= 4 is 21.9 Å². The van der Waals surface area contributed by atoms with Gasteiger partial charge in [-0.2, -0.15) is 0 Å². The van der Waals surface area contributed by atoms with E-state index in [1.165, 1.54) is 0 Å². The molecule has 1 saturated heterocycles. The first-order valence-corrected chi connectivity index (χ1v) is 12.6. The Labute approximate surface area is 214 Å². The van der Waals surface area contributed by atoms with Crippen LogP contribution >= 0.6 is 0 Å². The van der Waals surface area contributed by atoms with Crippen molar-refractivity contribution in [2.24, 2.45) is 13.0 Å². The van der Waals surface area contributed by atoms with E-state index in [-0.39, 0.29) is 12.0 Å². The first-order valence-electron chi connectivity index (χ1n) is 12.6. The van der Waals surface area contributed by atoms with Crippen LogP contribution < -0.4 is 0 Å². The normalized spacial score (nSPS) is 16.2. The Kier molecular flexibility index (Phi) is 5.61. The Morgan fingerprint density at radius 1 is 1.05 bits per heavy atom. The molecule has 0 amide bonds. The van der Waals surface area contributed by atoms with E-state index in [1.54, 1.807) is 24.7 Å². The maximum absolute atomic E-state index is 10.8. The Morgan fingerprint density at radius 2 is 1.84 bits per heavy atom. The van der Waals surface area contributed by atoms with Crippen LogP contribution in [0.25, 0.3) is 33.3 Å². The van der Waals surface area contributed by atoms with Crippen molar-refractivity contribution in [3.05, 3.63) is 53.3 Å². The number of aromatic nitrogens is 7. The minimum absolute atomic E-state index is 0.110. The third-order valence-electron chi connectivity index (χ3n) is 7.41. The van der Waals surface area contributed by atoms with Gasteiger partial charge in [0.15, 0.2) is 0 Å². The van der Waals surface area contributed by atoms with Crippen LogP contribution in [0.5, 0.6) is 0 Å². The number of hydrogen-bond donors (Lipinski definition) is 1. The second-order valence-corrected chi connectivity index (χ2v) is 10.5. The number of aliphatic hydroxyl groups is 1. The largest absolute Gasteiger partial charge is 0.386 e. The highest BCUT2D eigenvalue weighted by atomic mass is 16.5. The monoisotopic (exact) mass is 501 g/mol. The molecule has 5 aromatic heterocycles. The molecule has 5 aromatic rings. The summed E-state index contributed by atoms with van der Waals surface area (Å²) in [5.74, 6) is 1.04. The van der Waals surface area contributed by atoms with Crippen LogP contribution in [0.2, 0.25) is 0 Å². The summed E-state index contributed by atoms with van der Waals surface area (Å²) in [6.45, 7) is 8.81. The van der Waals surface area contributed by atoms with E-state index in [4.69, 9.17) is 19.2 Å². The number of fused-ring (bicyclic) bond motifs is 3. The third kappa shape index (κ3) is 4.00. The van der Waals surface area contributed by atoms with Crippen molar-refractivity contribution in [1.82, 2.24) is 34.7 Å². The van der Waals surface area contributed by atoms with E-state index < -0.39 is 5.60 Å². The van der Waals surface area contributed by atoms with E-state index in [1.807, 2.05) is 39.2 Å². The van der Waals surface area contributed by atoms with Gasteiger partial charge in [-0.05, 0) is 58.6 Å². The Hall–Kier alpha value is -3.63. The van der Waals surface area contributed by atoms with E-state index in [0.29, 0.717) is 13.2 Å². The topological polar surface area (TPSA) is 117 Å². The van der Waals surface area contributed by atoms with Gasteiger partial charge in [0.05, 0.1) is 39.6 Å². The first kappa shape index (κ1) is 23.7. The molecule has 0 aliphatic carbocycles. The zero-order valence-electron chi connectivity index (χ0n) is 21.8. The summed E-state index contributed by atoms with van der Waals surface area (Å²) < 4.78 is 15.3. The van der Waals surface area contributed by atoms with Gasteiger partial charge in [0, 0.05) is 49.7 Å². The van der Waals surface area contributed by atoms with Gasteiger partial charge in [-0.1, -0.05) is 10.4 Å². The molecule has 1 aliphatic rings. The maximum atomic E-state index is 10.8. The van der Waals surface area contributed by atoms with Gasteiger partial charge in [-0.25, -0.2) is 4.68 Å². The highest BCUT2D eigenvalue weighted by molar-refractivity contribution is 6.06. The molecule has 0 saturated carbocycles. The average molecular weight is 502 g/mol.